The van der Waals surface area contributed by atoms with E-state index in [9.17, 15) is 5.11 Å². The van der Waals surface area contributed by atoms with Crippen LogP contribution in [0.4, 0.5) is 0 Å². The molecular weight excluding hydrogens is 204 g/mol. The van der Waals surface area contributed by atoms with Crippen LogP contribution in [0.3, 0.4) is 0 Å². The van der Waals surface area contributed by atoms with Crippen LogP contribution < -0.4 is 0 Å². The van der Waals surface area contributed by atoms with Crippen molar-refractivity contribution >= 4 is 0 Å². The van der Waals surface area contributed by atoms with E-state index >= 15 is 0 Å². The number of aromatic nitrogens is 2. The third-order valence-corrected chi connectivity index (χ3v) is 3.29. The van der Waals surface area contributed by atoms with Crippen LogP contribution >= 0.6 is 0 Å². The van der Waals surface area contributed by atoms with Crippen LogP contribution in [0.15, 0.2) is 4.52 Å². The summed E-state index contributed by atoms with van der Waals surface area (Å²) in [5.41, 5.74) is -0.616. The molecule has 1 saturated carbocycles. The van der Waals surface area contributed by atoms with Crippen molar-refractivity contribution in [3.8, 4) is 0 Å². The number of aliphatic hydroxyl groups is 1. The Kier molecular flexibility index (Phi) is 3.28. The fourth-order valence-corrected chi connectivity index (χ4v) is 2.50. The second-order valence-corrected chi connectivity index (χ2v) is 5.10. The SMILES string of the molecule is CCCc1noc(CC2(O)CCC(C)C2)n1. The van der Waals surface area contributed by atoms with E-state index in [1.807, 2.05) is 0 Å². The normalized spacial score (nSPS) is 29.8. The summed E-state index contributed by atoms with van der Waals surface area (Å²) in [6.45, 7) is 4.26. The van der Waals surface area contributed by atoms with Gasteiger partial charge in [0, 0.05) is 6.42 Å². The number of hydrogen-bond acceptors (Lipinski definition) is 4. The van der Waals surface area contributed by atoms with Crippen molar-refractivity contribution in [3.63, 3.8) is 0 Å². The zero-order chi connectivity index (χ0) is 11.6. The van der Waals surface area contributed by atoms with Gasteiger partial charge in [0.1, 0.15) is 0 Å². The molecular formula is C12H20N2O2. The van der Waals surface area contributed by atoms with Crippen molar-refractivity contribution in [1.29, 1.82) is 0 Å². The Balaban J connectivity index is 1.97. The maximum absolute atomic E-state index is 10.3. The molecule has 2 unspecified atom stereocenters. The molecule has 1 aliphatic carbocycles. The molecule has 2 atom stereocenters. The summed E-state index contributed by atoms with van der Waals surface area (Å²) < 4.78 is 5.16. The van der Waals surface area contributed by atoms with Crippen LogP contribution in [0.2, 0.25) is 0 Å². The highest BCUT2D eigenvalue weighted by atomic mass is 16.5. The summed E-state index contributed by atoms with van der Waals surface area (Å²) in [7, 11) is 0. The zero-order valence-electron chi connectivity index (χ0n) is 10.1. The molecule has 0 amide bonds. The first-order chi connectivity index (χ1) is 7.61. The van der Waals surface area contributed by atoms with Gasteiger partial charge in [-0.05, 0) is 31.6 Å². The smallest absolute Gasteiger partial charge is 0.229 e. The third kappa shape index (κ3) is 2.61. The molecule has 4 nitrogen and oxygen atoms in total. The van der Waals surface area contributed by atoms with Gasteiger partial charge >= 0.3 is 0 Å². The molecule has 1 aromatic heterocycles. The van der Waals surface area contributed by atoms with Crippen molar-refractivity contribution in [1.82, 2.24) is 10.1 Å². The minimum atomic E-state index is -0.616. The summed E-state index contributed by atoms with van der Waals surface area (Å²) in [4.78, 5) is 4.30. The van der Waals surface area contributed by atoms with Crippen molar-refractivity contribution in [3.05, 3.63) is 11.7 Å². The predicted molar refractivity (Wildman–Crippen MR) is 60.0 cm³/mol. The molecule has 0 aliphatic heterocycles. The summed E-state index contributed by atoms with van der Waals surface area (Å²) in [6.07, 6.45) is 5.15. The fraction of sp³-hybridized carbons (Fsp3) is 0.833. The average molecular weight is 224 g/mol. The molecule has 1 aromatic rings. The first-order valence-corrected chi connectivity index (χ1v) is 6.15. The van der Waals surface area contributed by atoms with Gasteiger partial charge in [-0.15, -0.1) is 0 Å². The molecule has 4 heteroatoms. The minimum Gasteiger partial charge on any atom is -0.389 e. The van der Waals surface area contributed by atoms with E-state index < -0.39 is 5.60 Å². The zero-order valence-corrected chi connectivity index (χ0v) is 10.1. The van der Waals surface area contributed by atoms with Gasteiger partial charge in [-0.3, -0.25) is 0 Å². The van der Waals surface area contributed by atoms with Crippen molar-refractivity contribution in [2.45, 2.75) is 58.0 Å². The summed E-state index contributed by atoms with van der Waals surface area (Å²) in [5, 5.41) is 14.2. The molecule has 1 heterocycles. The van der Waals surface area contributed by atoms with Gasteiger partial charge in [0.05, 0.1) is 12.0 Å². The van der Waals surface area contributed by atoms with Gasteiger partial charge in [-0.1, -0.05) is 19.0 Å². The summed E-state index contributed by atoms with van der Waals surface area (Å²) in [6, 6.07) is 0. The van der Waals surface area contributed by atoms with E-state index in [2.05, 4.69) is 24.0 Å². The van der Waals surface area contributed by atoms with Crippen LogP contribution in [0.1, 0.15) is 51.2 Å². The van der Waals surface area contributed by atoms with Crippen molar-refractivity contribution in [2.75, 3.05) is 0 Å². The molecule has 1 aliphatic rings. The van der Waals surface area contributed by atoms with E-state index in [4.69, 9.17) is 4.52 Å². The molecule has 0 radical (unpaired) electrons. The van der Waals surface area contributed by atoms with Crippen LogP contribution in [-0.2, 0) is 12.8 Å². The van der Waals surface area contributed by atoms with Gasteiger partial charge < -0.3 is 9.63 Å². The van der Waals surface area contributed by atoms with Crippen LogP contribution in [0.25, 0.3) is 0 Å². The predicted octanol–water partition coefficient (Wildman–Crippen LogP) is 2.12. The highest BCUT2D eigenvalue weighted by Crippen LogP contribution is 2.36. The highest BCUT2D eigenvalue weighted by molar-refractivity contribution is 4.97. The largest absolute Gasteiger partial charge is 0.389 e. The van der Waals surface area contributed by atoms with Crippen molar-refractivity contribution in [2.24, 2.45) is 5.92 Å². The quantitative estimate of drug-likeness (QED) is 0.851. The molecule has 1 N–H and O–H groups in total. The van der Waals surface area contributed by atoms with E-state index in [0.29, 0.717) is 18.2 Å². The lowest BCUT2D eigenvalue weighted by molar-refractivity contribution is 0.0368. The molecule has 0 spiro atoms. The lowest BCUT2D eigenvalue weighted by Gasteiger charge is -2.19. The van der Waals surface area contributed by atoms with Gasteiger partial charge in [0.2, 0.25) is 5.89 Å². The standard InChI is InChI=1S/C12H20N2O2/c1-3-4-10-13-11(16-14-10)8-12(15)6-5-9(2)7-12/h9,15H,3-8H2,1-2H3. The first kappa shape index (κ1) is 11.6. The Hall–Kier alpha value is -0.900. The fourth-order valence-electron chi connectivity index (χ4n) is 2.50. The molecule has 0 saturated heterocycles. The number of hydrogen-bond donors (Lipinski definition) is 1. The Morgan fingerprint density at radius 1 is 1.56 bits per heavy atom. The monoisotopic (exact) mass is 224 g/mol. The summed E-state index contributed by atoms with van der Waals surface area (Å²) in [5.74, 6) is 1.94. The minimum absolute atomic E-state index is 0.508. The molecule has 0 aromatic carbocycles. The van der Waals surface area contributed by atoms with E-state index in [1.165, 1.54) is 0 Å². The lowest BCUT2D eigenvalue weighted by atomic mass is 9.97. The summed E-state index contributed by atoms with van der Waals surface area (Å²) >= 11 is 0. The van der Waals surface area contributed by atoms with Crippen LogP contribution in [0, 0.1) is 5.92 Å². The Labute approximate surface area is 96.1 Å². The lowest BCUT2D eigenvalue weighted by Crippen LogP contribution is -2.27. The van der Waals surface area contributed by atoms with Crippen molar-refractivity contribution < 1.29 is 9.63 Å². The maximum atomic E-state index is 10.3. The van der Waals surface area contributed by atoms with Crippen LogP contribution in [-0.4, -0.2) is 20.8 Å². The molecule has 0 bridgehead atoms. The third-order valence-electron chi connectivity index (χ3n) is 3.29. The average Bonchev–Trinajstić information content (AvgIpc) is 2.75. The van der Waals surface area contributed by atoms with Gasteiger partial charge in [0.25, 0.3) is 0 Å². The molecule has 90 valence electrons. The number of aryl methyl sites for hydroxylation is 1. The second kappa shape index (κ2) is 4.53. The topological polar surface area (TPSA) is 59.2 Å². The molecule has 16 heavy (non-hydrogen) atoms. The van der Waals surface area contributed by atoms with Crippen LogP contribution in [0.5, 0.6) is 0 Å². The Morgan fingerprint density at radius 3 is 3.00 bits per heavy atom. The second-order valence-electron chi connectivity index (χ2n) is 5.10. The van der Waals surface area contributed by atoms with E-state index in [0.717, 1.165) is 37.9 Å². The van der Waals surface area contributed by atoms with Gasteiger partial charge in [-0.2, -0.15) is 4.98 Å². The van der Waals surface area contributed by atoms with Gasteiger partial charge in [-0.25, -0.2) is 0 Å². The molecule has 2 rings (SSSR count). The number of nitrogens with zero attached hydrogens (tertiary/aromatic N) is 2. The maximum Gasteiger partial charge on any atom is 0.229 e. The van der Waals surface area contributed by atoms with E-state index in [-0.39, 0.29) is 0 Å². The Morgan fingerprint density at radius 2 is 2.38 bits per heavy atom. The number of rotatable bonds is 4. The molecule has 1 fully saturated rings. The first-order valence-electron chi connectivity index (χ1n) is 6.15. The Bertz CT molecular complexity index is 351. The van der Waals surface area contributed by atoms with Gasteiger partial charge in [0.15, 0.2) is 5.82 Å². The highest BCUT2D eigenvalue weighted by Gasteiger charge is 2.36. The van der Waals surface area contributed by atoms with E-state index in [1.54, 1.807) is 0 Å².